The van der Waals surface area contributed by atoms with Crippen molar-refractivity contribution in [2.75, 3.05) is 13.1 Å². The zero-order chi connectivity index (χ0) is 18.2. The number of rotatable bonds is 6. The Morgan fingerprint density at radius 2 is 1.50 bits per heavy atom. The fraction of sp³-hybridized carbons (Fsp3) is 0.333. The monoisotopic (exact) mass is 352 g/mol. The first-order valence-electron chi connectivity index (χ1n) is 9.02. The summed E-state index contributed by atoms with van der Waals surface area (Å²) in [6.07, 6.45) is 1.92. The van der Waals surface area contributed by atoms with E-state index in [2.05, 4.69) is 5.32 Å². The molecule has 1 N–H and O–H groups in total. The zero-order valence-electron chi connectivity index (χ0n) is 14.8. The van der Waals surface area contributed by atoms with Crippen LogP contribution in [-0.2, 0) is 22.6 Å². The summed E-state index contributed by atoms with van der Waals surface area (Å²) in [6.45, 7) is 1.69. The molecule has 2 aromatic rings. The highest BCUT2D eigenvalue weighted by Gasteiger charge is 2.28. The van der Waals surface area contributed by atoms with Crippen molar-refractivity contribution in [3.8, 4) is 0 Å². The van der Waals surface area contributed by atoms with E-state index in [4.69, 9.17) is 4.74 Å². The smallest absolute Gasteiger partial charge is 0.408 e. The fourth-order valence-electron chi connectivity index (χ4n) is 3.11. The van der Waals surface area contributed by atoms with Crippen molar-refractivity contribution in [3.63, 3.8) is 0 Å². The predicted octanol–water partition coefficient (Wildman–Crippen LogP) is 3.15. The lowest BCUT2D eigenvalue weighted by molar-refractivity contribution is -0.132. The van der Waals surface area contributed by atoms with Gasteiger partial charge in [-0.05, 0) is 24.0 Å². The molecule has 0 saturated carbocycles. The Morgan fingerprint density at radius 1 is 0.923 bits per heavy atom. The fourth-order valence-corrected chi connectivity index (χ4v) is 3.11. The Labute approximate surface area is 154 Å². The quantitative estimate of drug-likeness (QED) is 0.869. The van der Waals surface area contributed by atoms with Crippen molar-refractivity contribution in [1.29, 1.82) is 0 Å². The molecule has 0 bridgehead atoms. The summed E-state index contributed by atoms with van der Waals surface area (Å²) in [5.41, 5.74) is 1.92. The minimum absolute atomic E-state index is 0.0389. The standard InChI is InChI=1S/C21H24N2O3/c24-20(23-13-7-8-14-23)19(15-17-9-3-1-4-10-17)22-21(25)26-16-18-11-5-2-6-12-18/h1-6,9-12,19H,7-8,13-16H2,(H,22,25). The van der Waals surface area contributed by atoms with Crippen LogP contribution >= 0.6 is 0 Å². The van der Waals surface area contributed by atoms with Crippen LogP contribution in [0.2, 0.25) is 0 Å². The summed E-state index contributed by atoms with van der Waals surface area (Å²) in [5.74, 6) is -0.0389. The summed E-state index contributed by atoms with van der Waals surface area (Å²) in [6, 6.07) is 18.6. The highest BCUT2D eigenvalue weighted by molar-refractivity contribution is 5.86. The van der Waals surface area contributed by atoms with Crippen molar-refractivity contribution >= 4 is 12.0 Å². The molecule has 0 radical (unpaired) electrons. The van der Waals surface area contributed by atoms with Gasteiger partial charge in [-0.2, -0.15) is 0 Å². The molecule has 2 aromatic carbocycles. The van der Waals surface area contributed by atoms with E-state index in [0.717, 1.165) is 37.1 Å². The molecule has 1 aliphatic rings. The average molecular weight is 352 g/mol. The van der Waals surface area contributed by atoms with Gasteiger partial charge < -0.3 is 15.0 Å². The van der Waals surface area contributed by atoms with Gasteiger partial charge in [0.1, 0.15) is 12.6 Å². The number of carbonyl (C=O) groups is 2. The van der Waals surface area contributed by atoms with Gasteiger partial charge in [-0.15, -0.1) is 0 Å². The van der Waals surface area contributed by atoms with Gasteiger partial charge in [-0.25, -0.2) is 4.79 Å². The number of alkyl carbamates (subject to hydrolysis) is 1. The third kappa shape index (κ3) is 5.09. The van der Waals surface area contributed by atoms with Crippen molar-refractivity contribution in [2.45, 2.75) is 31.9 Å². The van der Waals surface area contributed by atoms with Crippen LogP contribution < -0.4 is 5.32 Å². The van der Waals surface area contributed by atoms with E-state index in [1.54, 1.807) is 0 Å². The zero-order valence-corrected chi connectivity index (χ0v) is 14.8. The lowest BCUT2D eigenvalue weighted by Crippen LogP contribution is -2.49. The van der Waals surface area contributed by atoms with Crippen LogP contribution in [0.15, 0.2) is 60.7 Å². The second-order valence-electron chi connectivity index (χ2n) is 6.48. The lowest BCUT2D eigenvalue weighted by Gasteiger charge is -2.24. The van der Waals surface area contributed by atoms with E-state index in [0.29, 0.717) is 6.42 Å². The van der Waals surface area contributed by atoms with Gasteiger partial charge in [-0.3, -0.25) is 4.79 Å². The van der Waals surface area contributed by atoms with Gasteiger partial charge in [0.2, 0.25) is 5.91 Å². The first kappa shape index (κ1) is 18.0. The summed E-state index contributed by atoms with van der Waals surface area (Å²) >= 11 is 0. The molecular formula is C21H24N2O3. The number of benzene rings is 2. The summed E-state index contributed by atoms with van der Waals surface area (Å²) in [5, 5.41) is 2.76. The third-order valence-electron chi connectivity index (χ3n) is 4.50. The normalized spacial score (nSPS) is 14.7. The number of amides is 2. The van der Waals surface area contributed by atoms with E-state index < -0.39 is 12.1 Å². The van der Waals surface area contributed by atoms with Crippen LogP contribution in [0.4, 0.5) is 4.79 Å². The van der Waals surface area contributed by atoms with E-state index in [9.17, 15) is 9.59 Å². The van der Waals surface area contributed by atoms with Crippen LogP contribution in [0.3, 0.4) is 0 Å². The first-order valence-corrected chi connectivity index (χ1v) is 9.02. The molecule has 0 spiro atoms. The molecular weight excluding hydrogens is 328 g/mol. The molecule has 26 heavy (non-hydrogen) atoms. The van der Waals surface area contributed by atoms with E-state index >= 15 is 0 Å². The molecule has 0 aromatic heterocycles. The molecule has 2 amide bonds. The highest BCUT2D eigenvalue weighted by Crippen LogP contribution is 2.12. The van der Waals surface area contributed by atoms with Crippen molar-refractivity contribution < 1.29 is 14.3 Å². The largest absolute Gasteiger partial charge is 0.445 e. The Bertz CT molecular complexity index is 713. The molecule has 1 atom stereocenters. The van der Waals surface area contributed by atoms with Gasteiger partial charge in [0.05, 0.1) is 0 Å². The Kier molecular flexibility index (Phi) is 6.25. The number of hydrogen-bond acceptors (Lipinski definition) is 3. The minimum atomic E-state index is -0.612. The highest BCUT2D eigenvalue weighted by atomic mass is 16.5. The van der Waals surface area contributed by atoms with Gasteiger partial charge in [0.25, 0.3) is 0 Å². The van der Waals surface area contributed by atoms with Gasteiger partial charge in [0, 0.05) is 19.5 Å². The number of likely N-dealkylation sites (tertiary alicyclic amines) is 1. The maximum atomic E-state index is 12.8. The Balaban J connectivity index is 1.62. The van der Waals surface area contributed by atoms with Gasteiger partial charge in [0.15, 0.2) is 0 Å². The SMILES string of the molecule is O=C(NC(Cc1ccccc1)C(=O)N1CCCC1)OCc1ccccc1. The van der Waals surface area contributed by atoms with Crippen molar-refractivity contribution in [3.05, 3.63) is 71.8 Å². The van der Waals surface area contributed by atoms with Crippen LogP contribution in [0, 0.1) is 0 Å². The third-order valence-corrected chi connectivity index (χ3v) is 4.50. The topological polar surface area (TPSA) is 58.6 Å². The predicted molar refractivity (Wildman–Crippen MR) is 99.5 cm³/mol. The molecule has 1 fully saturated rings. The van der Waals surface area contributed by atoms with Gasteiger partial charge >= 0.3 is 6.09 Å². The number of carbonyl (C=O) groups excluding carboxylic acids is 2. The van der Waals surface area contributed by atoms with Crippen molar-refractivity contribution in [2.24, 2.45) is 0 Å². The minimum Gasteiger partial charge on any atom is -0.445 e. The van der Waals surface area contributed by atoms with Crippen LogP contribution in [0.25, 0.3) is 0 Å². The van der Waals surface area contributed by atoms with Crippen LogP contribution in [0.5, 0.6) is 0 Å². The lowest BCUT2D eigenvalue weighted by atomic mass is 10.1. The number of nitrogens with zero attached hydrogens (tertiary/aromatic N) is 1. The second kappa shape index (κ2) is 9.04. The molecule has 3 rings (SSSR count). The van der Waals surface area contributed by atoms with Gasteiger partial charge in [-0.1, -0.05) is 60.7 Å². The second-order valence-corrected chi connectivity index (χ2v) is 6.48. The van der Waals surface area contributed by atoms with E-state index in [1.165, 1.54) is 0 Å². The molecule has 5 nitrogen and oxygen atoms in total. The number of nitrogens with one attached hydrogen (secondary N) is 1. The molecule has 1 saturated heterocycles. The molecule has 1 heterocycles. The summed E-state index contributed by atoms with van der Waals surface area (Å²) in [4.78, 5) is 26.9. The molecule has 1 aliphatic heterocycles. The van der Waals surface area contributed by atoms with E-state index in [1.807, 2.05) is 65.6 Å². The van der Waals surface area contributed by atoms with Crippen molar-refractivity contribution in [1.82, 2.24) is 10.2 Å². The molecule has 5 heteroatoms. The number of ether oxygens (including phenoxy) is 1. The number of hydrogen-bond donors (Lipinski definition) is 1. The summed E-state index contributed by atoms with van der Waals surface area (Å²) < 4.78 is 5.29. The first-order chi connectivity index (χ1) is 12.7. The molecule has 136 valence electrons. The van der Waals surface area contributed by atoms with E-state index in [-0.39, 0.29) is 12.5 Å². The molecule has 0 aliphatic carbocycles. The summed E-state index contributed by atoms with van der Waals surface area (Å²) in [7, 11) is 0. The average Bonchev–Trinajstić information content (AvgIpc) is 3.22. The Morgan fingerprint density at radius 3 is 2.12 bits per heavy atom. The Hall–Kier alpha value is -2.82. The maximum Gasteiger partial charge on any atom is 0.408 e. The van der Waals surface area contributed by atoms with Crippen LogP contribution in [-0.4, -0.2) is 36.0 Å². The maximum absolute atomic E-state index is 12.8. The molecule has 1 unspecified atom stereocenters. The van der Waals surface area contributed by atoms with Crippen LogP contribution in [0.1, 0.15) is 24.0 Å².